The third-order valence-electron chi connectivity index (χ3n) is 10.0. The quantitative estimate of drug-likeness (QED) is 0.167. The molecule has 0 amide bonds. The fourth-order valence-corrected chi connectivity index (χ4v) is 7.16. The van der Waals surface area contributed by atoms with E-state index in [-0.39, 0.29) is 82.7 Å². The van der Waals surface area contributed by atoms with Crippen LogP contribution >= 0.6 is 0 Å². The number of carbonyl (C=O) groups excluding carboxylic acids is 2. The molecule has 49 heavy (non-hydrogen) atoms. The Morgan fingerprint density at radius 2 is 1.43 bits per heavy atom. The van der Waals surface area contributed by atoms with Gasteiger partial charge in [-0.25, -0.2) is 15.0 Å². The van der Waals surface area contributed by atoms with Crippen LogP contribution in [0.5, 0.6) is 0 Å². The first kappa shape index (κ1) is 42.9. The molecule has 5 rings (SSSR count). The molecule has 0 spiro atoms. The zero-order valence-electron chi connectivity index (χ0n) is 31.0. The van der Waals surface area contributed by atoms with E-state index in [9.17, 15) is 10.2 Å². The standard InChI is InChI=1S/C38H49N4O2.CO2.2Na/c1-9-12-13-14-15-16-17-28-23(6)29-18-31-22(5)27(11-3)36(41-31)25(8)37-35(38(43)44)24(7)32(42-37)20-33-26(10-2)21(4)30(39-33)19-34(28)40-29;2-1-3;;/h18-20,22,27,41,43-44H,3,9-17H2,1-2,4-8H3;;;/q-1;;2*+1/p-1/t22-,27-;;;/m0.../s1. The smallest absolute Gasteiger partial charge is 0.629 e. The number of rotatable bonds is 9. The van der Waals surface area contributed by atoms with Gasteiger partial charge < -0.3 is 22.5 Å². The van der Waals surface area contributed by atoms with Crippen LogP contribution < -0.4 is 69.5 Å². The van der Waals surface area contributed by atoms with Crippen LogP contribution in [-0.2, 0) is 9.59 Å². The average Bonchev–Trinajstić information content (AvgIpc) is 3.72. The number of fused-ring (bicyclic) bond motifs is 5. The van der Waals surface area contributed by atoms with Crippen molar-refractivity contribution < 1.29 is 78.9 Å². The molecule has 5 heterocycles. The summed E-state index contributed by atoms with van der Waals surface area (Å²) in [6.45, 7) is 19.1. The van der Waals surface area contributed by atoms with E-state index in [1.54, 1.807) is 0 Å². The third-order valence-corrected chi connectivity index (χ3v) is 10.0. The van der Waals surface area contributed by atoms with Crippen LogP contribution in [0.2, 0.25) is 0 Å². The first-order chi connectivity index (χ1) is 22.5. The molecule has 2 atom stereocenters. The van der Waals surface area contributed by atoms with Gasteiger partial charge in [-0.1, -0.05) is 52.9 Å². The second-order valence-electron chi connectivity index (χ2n) is 12.8. The van der Waals surface area contributed by atoms with Crippen molar-refractivity contribution in [2.24, 2.45) is 26.8 Å². The summed E-state index contributed by atoms with van der Waals surface area (Å²) < 4.78 is 0. The maximum Gasteiger partial charge on any atom is 1.00 e. The predicted molar refractivity (Wildman–Crippen MR) is 186 cm³/mol. The van der Waals surface area contributed by atoms with E-state index in [0.29, 0.717) is 23.4 Å². The number of aliphatic hydroxyl groups excluding tert-OH is 1. The zero-order valence-corrected chi connectivity index (χ0v) is 35.0. The summed E-state index contributed by atoms with van der Waals surface area (Å²) in [4.78, 5) is 31.5. The van der Waals surface area contributed by atoms with Gasteiger partial charge in [0, 0.05) is 22.9 Å². The van der Waals surface area contributed by atoms with Crippen LogP contribution in [0.25, 0.3) is 0 Å². The minimum absolute atomic E-state index is 0. The molecule has 5 aliphatic heterocycles. The summed E-state index contributed by atoms with van der Waals surface area (Å²) in [5, 5.41) is 26.6. The van der Waals surface area contributed by atoms with Crippen molar-refractivity contribution in [2.75, 3.05) is 0 Å². The molecule has 0 aliphatic carbocycles. The van der Waals surface area contributed by atoms with Crippen molar-refractivity contribution >= 4 is 23.3 Å². The summed E-state index contributed by atoms with van der Waals surface area (Å²) in [6, 6.07) is 0. The SMILES string of the molecule is O=C=O.[CH2-]C[C@@H]1C2=C(C)C3=NC(=C(C)C3=C([O-])O)C=C3N=C(C=C4N=C(C=C(N2)[C@H]1C)C(C)=C4CCCCCCCC)C(C)=C3CC.[Na+].[Na+]. The van der Waals surface area contributed by atoms with E-state index in [1.807, 2.05) is 19.9 Å². The number of aliphatic hydroxyl groups is 1. The molecule has 250 valence electrons. The molecular formula is C39H48N4Na2O4. The molecule has 2 N–H and O–H groups in total. The number of hydrogen-bond donors (Lipinski definition) is 2. The Balaban J connectivity index is 0.00000161. The van der Waals surface area contributed by atoms with Crippen LogP contribution in [0, 0.1) is 18.8 Å². The number of nitrogens with one attached hydrogen (secondary N) is 1. The summed E-state index contributed by atoms with van der Waals surface area (Å²) in [5.74, 6) is -0.656. The van der Waals surface area contributed by atoms with Crippen LogP contribution in [0.1, 0.15) is 106 Å². The number of aliphatic imine (C=N–C) groups is 3. The van der Waals surface area contributed by atoms with E-state index in [2.05, 4.69) is 59.0 Å². The minimum Gasteiger partial charge on any atom is -0.629 e. The molecule has 0 unspecified atom stereocenters. The Labute approximate surface area is 336 Å². The summed E-state index contributed by atoms with van der Waals surface area (Å²) in [6.07, 6.45) is 16.6. The van der Waals surface area contributed by atoms with Gasteiger partial charge in [0.1, 0.15) is 0 Å². The molecular weight excluding hydrogens is 634 g/mol. The molecule has 5 aliphatic rings. The Hall–Kier alpha value is -2.29. The van der Waals surface area contributed by atoms with Crippen molar-refractivity contribution in [2.45, 2.75) is 106 Å². The van der Waals surface area contributed by atoms with Gasteiger partial charge in [0.05, 0.1) is 40.2 Å². The van der Waals surface area contributed by atoms with Crippen molar-refractivity contribution in [3.63, 3.8) is 0 Å². The number of nitrogens with zero attached hydrogens (tertiary/aromatic N) is 3. The van der Waals surface area contributed by atoms with Gasteiger partial charge >= 0.3 is 65.3 Å². The first-order valence-electron chi connectivity index (χ1n) is 16.9. The first-order valence-corrected chi connectivity index (χ1v) is 16.9. The maximum atomic E-state index is 12.6. The van der Waals surface area contributed by atoms with E-state index < -0.39 is 5.95 Å². The van der Waals surface area contributed by atoms with Gasteiger partial charge in [-0.3, -0.25) is 0 Å². The van der Waals surface area contributed by atoms with Crippen molar-refractivity contribution in [1.82, 2.24) is 5.32 Å². The molecule has 0 aromatic heterocycles. The molecule has 1 fully saturated rings. The van der Waals surface area contributed by atoms with Crippen molar-refractivity contribution in [1.29, 1.82) is 0 Å². The van der Waals surface area contributed by atoms with Crippen molar-refractivity contribution in [3.05, 3.63) is 98.6 Å². The number of allylic oxidation sites excluding steroid dienone is 12. The fourth-order valence-electron chi connectivity index (χ4n) is 7.16. The topological polar surface area (TPSA) is 127 Å². The largest absolute Gasteiger partial charge is 1.00 e. The van der Waals surface area contributed by atoms with Gasteiger partial charge in [-0.2, -0.15) is 16.0 Å². The monoisotopic (exact) mass is 682 g/mol. The fraction of sp³-hybridized carbons (Fsp3) is 0.462. The van der Waals surface area contributed by atoms with Crippen molar-refractivity contribution in [3.8, 4) is 0 Å². The minimum atomic E-state index is -0.964. The normalized spacial score (nSPS) is 22.1. The maximum absolute atomic E-state index is 12.6. The molecule has 0 saturated carbocycles. The predicted octanol–water partition coefficient (Wildman–Crippen LogP) is 1.99. The molecule has 10 heteroatoms. The van der Waals surface area contributed by atoms with Crippen LogP contribution in [0.15, 0.2) is 107 Å². The second kappa shape index (κ2) is 19.4. The number of unbranched alkanes of at least 4 members (excludes halogenated alkanes) is 5. The van der Waals surface area contributed by atoms with E-state index in [1.165, 1.54) is 43.3 Å². The van der Waals surface area contributed by atoms with Gasteiger partial charge in [0.25, 0.3) is 0 Å². The summed E-state index contributed by atoms with van der Waals surface area (Å²) >= 11 is 0. The zero-order chi connectivity index (χ0) is 34.4. The van der Waals surface area contributed by atoms with Crippen LogP contribution in [0.4, 0.5) is 0 Å². The van der Waals surface area contributed by atoms with Gasteiger partial charge in [-0.05, 0) is 105 Å². The van der Waals surface area contributed by atoms with Crippen LogP contribution in [-0.4, -0.2) is 28.4 Å². The molecule has 0 aromatic rings. The second-order valence-corrected chi connectivity index (χ2v) is 12.8. The Morgan fingerprint density at radius 1 is 0.857 bits per heavy atom. The summed E-state index contributed by atoms with van der Waals surface area (Å²) in [7, 11) is 0. The Morgan fingerprint density at radius 3 is 2.02 bits per heavy atom. The van der Waals surface area contributed by atoms with E-state index in [4.69, 9.17) is 24.6 Å². The van der Waals surface area contributed by atoms with Gasteiger partial charge in [0.15, 0.2) is 0 Å². The molecule has 0 radical (unpaired) electrons. The molecule has 8 bridgehead atoms. The Bertz CT molecular complexity index is 1700. The number of hydrogen-bond acceptors (Lipinski definition) is 8. The Kier molecular flexibility index (Phi) is 16.9. The van der Waals surface area contributed by atoms with Crippen LogP contribution in [0.3, 0.4) is 0 Å². The van der Waals surface area contributed by atoms with E-state index >= 15 is 0 Å². The molecule has 8 nitrogen and oxygen atoms in total. The summed E-state index contributed by atoms with van der Waals surface area (Å²) in [5.41, 5.74) is 13.7. The third kappa shape index (κ3) is 9.15. The van der Waals surface area contributed by atoms with E-state index in [0.717, 1.165) is 70.2 Å². The van der Waals surface area contributed by atoms with Gasteiger partial charge in [0.2, 0.25) is 0 Å². The molecule has 1 saturated heterocycles. The average molecular weight is 683 g/mol. The molecule has 0 aromatic carbocycles. The van der Waals surface area contributed by atoms with Gasteiger partial charge in [-0.15, -0.1) is 0 Å².